The topological polar surface area (TPSA) is 55.3 Å². The fourth-order valence-electron chi connectivity index (χ4n) is 2.63. The standard InChI is InChI=1S/C17H16F3N3O2/c18-17(19,20)15-4-3-12(9-22-15)8-16(24)23-6-7-25-14(11-23)13-2-1-5-21-10-13/h1-5,9-10,14H,6-8,11H2. The lowest BCUT2D eigenvalue weighted by atomic mass is 10.1. The van der Waals surface area contributed by atoms with Crippen LogP contribution < -0.4 is 0 Å². The number of amides is 1. The molecule has 0 spiro atoms. The zero-order valence-electron chi connectivity index (χ0n) is 13.2. The van der Waals surface area contributed by atoms with Crippen molar-refractivity contribution in [2.45, 2.75) is 18.7 Å². The van der Waals surface area contributed by atoms with Gasteiger partial charge in [-0.25, -0.2) is 0 Å². The summed E-state index contributed by atoms with van der Waals surface area (Å²) in [6.07, 6.45) is -0.281. The molecule has 3 heterocycles. The van der Waals surface area contributed by atoms with E-state index in [0.717, 1.165) is 17.8 Å². The fraction of sp³-hybridized carbons (Fsp3) is 0.353. The third-order valence-corrected chi connectivity index (χ3v) is 3.95. The molecule has 1 fully saturated rings. The van der Waals surface area contributed by atoms with Crippen LogP contribution in [-0.4, -0.2) is 40.5 Å². The molecule has 1 aliphatic rings. The number of hydrogen-bond donors (Lipinski definition) is 0. The maximum absolute atomic E-state index is 12.5. The van der Waals surface area contributed by atoms with E-state index in [4.69, 9.17) is 4.74 Å². The minimum Gasteiger partial charge on any atom is -0.370 e. The summed E-state index contributed by atoms with van der Waals surface area (Å²) in [6, 6.07) is 5.85. The average Bonchev–Trinajstić information content (AvgIpc) is 2.62. The molecule has 5 nitrogen and oxygen atoms in total. The zero-order valence-corrected chi connectivity index (χ0v) is 13.2. The first-order valence-corrected chi connectivity index (χ1v) is 7.75. The Morgan fingerprint density at radius 2 is 2.12 bits per heavy atom. The van der Waals surface area contributed by atoms with Crippen LogP contribution in [0.2, 0.25) is 0 Å². The lowest BCUT2D eigenvalue weighted by Gasteiger charge is -2.33. The summed E-state index contributed by atoms with van der Waals surface area (Å²) in [7, 11) is 0. The van der Waals surface area contributed by atoms with Gasteiger partial charge in [-0.2, -0.15) is 13.2 Å². The normalized spacial score (nSPS) is 18.2. The van der Waals surface area contributed by atoms with Crippen molar-refractivity contribution in [3.63, 3.8) is 0 Å². The number of aromatic nitrogens is 2. The number of ether oxygens (including phenoxy) is 1. The van der Waals surface area contributed by atoms with Crippen molar-refractivity contribution in [1.82, 2.24) is 14.9 Å². The second kappa shape index (κ2) is 7.18. The Labute approximate surface area is 142 Å². The van der Waals surface area contributed by atoms with Crippen LogP contribution in [0, 0.1) is 0 Å². The van der Waals surface area contributed by atoms with Gasteiger partial charge >= 0.3 is 6.18 Å². The molecule has 1 atom stereocenters. The summed E-state index contributed by atoms with van der Waals surface area (Å²) in [4.78, 5) is 21.5. The number of alkyl halides is 3. The molecule has 0 bridgehead atoms. The Bertz CT molecular complexity index is 720. The van der Waals surface area contributed by atoms with Gasteiger partial charge in [0.15, 0.2) is 0 Å². The SMILES string of the molecule is O=C(Cc1ccc(C(F)(F)F)nc1)N1CCOC(c2cccnc2)C1. The zero-order chi connectivity index (χ0) is 17.9. The fourth-order valence-corrected chi connectivity index (χ4v) is 2.63. The van der Waals surface area contributed by atoms with E-state index in [-0.39, 0.29) is 18.4 Å². The van der Waals surface area contributed by atoms with E-state index >= 15 is 0 Å². The van der Waals surface area contributed by atoms with E-state index in [1.165, 1.54) is 6.07 Å². The van der Waals surface area contributed by atoms with Crippen LogP contribution in [0.25, 0.3) is 0 Å². The molecule has 0 aromatic carbocycles. The Hall–Kier alpha value is -2.48. The number of nitrogens with zero attached hydrogens (tertiary/aromatic N) is 3. The number of rotatable bonds is 3. The van der Waals surface area contributed by atoms with E-state index in [0.29, 0.717) is 25.3 Å². The van der Waals surface area contributed by atoms with E-state index in [9.17, 15) is 18.0 Å². The Morgan fingerprint density at radius 1 is 1.28 bits per heavy atom. The monoisotopic (exact) mass is 351 g/mol. The molecule has 8 heteroatoms. The maximum Gasteiger partial charge on any atom is 0.433 e. The van der Waals surface area contributed by atoms with Crippen molar-refractivity contribution in [2.24, 2.45) is 0 Å². The summed E-state index contributed by atoms with van der Waals surface area (Å²) in [5, 5.41) is 0. The highest BCUT2D eigenvalue weighted by Gasteiger charge is 2.32. The molecule has 132 valence electrons. The van der Waals surface area contributed by atoms with Gasteiger partial charge in [-0.3, -0.25) is 14.8 Å². The Morgan fingerprint density at radius 3 is 2.76 bits per heavy atom. The van der Waals surface area contributed by atoms with Crippen LogP contribution in [0.4, 0.5) is 13.2 Å². The molecule has 1 aliphatic heterocycles. The molecule has 1 saturated heterocycles. The Kier molecular flexibility index (Phi) is 4.98. The van der Waals surface area contributed by atoms with Gasteiger partial charge in [0.2, 0.25) is 5.91 Å². The minimum absolute atomic E-state index is 0.00486. The first-order valence-electron chi connectivity index (χ1n) is 7.75. The molecular weight excluding hydrogens is 335 g/mol. The number of carbonyl (C=O) groups is 1. The van der Waals surface area contributed by atoms with E-state index in [1.54, 1.807) is 23.4 Å². The number of halogens is 3. The van der Waals surface area contributed by atoms with E-state index < -0.39 is 11.9 Å². The maximum atomic E-state index is 12.5. The predicted molar refractivity (Wildman–Crippen MR) is 82.5 cm³/mol. The number of hydrogen-bond acceptors (Lipinski definition) is 4. The Balaban J connectivity index is 1.63. The van der Waals surface area contributed by atoms with Crippen LogP contribution in [0.15, 0.2) is 42.9 Å². The predicted octanol–water partition coefficient (Wildman–Crippen LogP) is 2.64. The molecule has 25 heavy (non-hydrogen) atoms. The quantitative estimate of drug-likeness (QED) is 0.853. The van der Waals surface area contributed by atoms with Crippen molar-refractivity contribution in [3.8, 4) is 0 Å². The lowest BCUT2D eigenvalue weighted by Crippen LogP contribution is -2.43. The average molecular weight is 351 g/mol. The summed E-state index contributed by atoms with van der Waals surface area (Å²) in [5.74, 6) is -0.168. The van der Waals surface area contributed by atoms with Gasteiger partial charge < -0.3 is 9.64 Å². The number of pyridine rings is 2. The van der Waals surface area contributed by atoms with Crippen molar-refractivity contribution in [1.29, 1.82) is 0 Å². The van der Waals surface area contributed by atoms with Crippen molar-refractivity contribution in [2.75, 3.05) is 19.7 Å². The first kappa shape index (κ1) is 17.3. The summed E-state index contributed by atoms with van der Waals surface area (Å²) >= 11 is 0. The molecule has 0 radical (unpaired) electrons. The summed E-state index contributed by atoms with van der Waals surface area (Å²) in [6.45, 7) is 1.23. The van der Waals surface area contributed by atoms with Gasteiger partial charge in [0.25, 0.3) is 0 Å². The van der Waals surface area contributed by atoms with Crippen LogP contribution in [0.1, 0.15) is 22.9 Å². The molecule has 2 aromatic rings. The molecule has 0 saturated carbocycles. The van der Waals surface area contributed by atoms with Crippen LogP contribution in [-0.2, 0) is 22.1 Å². The second-order valence-corrected chi connectivity index (χ2v) is 5.71. The lowest BCUT2D eigenvalue weighted by molar-refractivity contribution is -0.141. The van der Waals surface area contributed by atoms with Gasteiger partial charge in [-0.1, -0.05) is 12.1 Å². The largest absolute Gasteiger partial charge is 0.433 e. The highest BCUT2D eigenvalue weighted by molar-refractivity contribution is 5.78. The third kappa shape index (κ3) is 4.33. The van der Waals surface area contributed by atoms with Gasteiger partial charge in [0.1, 0.15) is 11.8 Å². The summed E-state index contributed by atoms with van der Waals surface area (Å²) < 4.78 is 43.2. The van der Waals surface area contributed by atoms with E-state index in [2.05, 4.69) is 9.97 Å². The van der Waals surface area contributed by atoms with Gasteiger partial charge in [0.05, 0.1) is 19.6 Å². The van der Waals surface area contributed by atoms with Crippen LogP contribution in [0.3, 0.4) is 0 Å². The molecule has 1 unspecified atom stereocenters. The first-order chi connectivity index (χ1) is 11.9. The van der Waals surface area contributed by atoms with E-state index in [1.807, 2.05) is 6.07 Å². The number of carbonyl (C=O) groups excluding carboxylic acids is 1. The van der Waals surface area contributed by atoms with Gasteiger partial charge in [-0.15, -0.1) is 0 Å². The molecule has 0 N–H and O–H groups in total. The second-order valence-electron chi connectivity index (χ2n) is 5.71. The number of morpholine rings is 1. The van der Waals surface area contributed by atoms with Crippen molar-refractivity contribution < 1.29 is 22.7 Å². The molecule has 0 aliphatic carbocycles. The van der Waals surface area contributed by atoms with Gasteiger partial charge in [-0.05, 0) is 17.7 Å². The molecule has 2 aromatic heterocycles. The summed E-state index contributed by atoms with van der Waals surface area (Å²) in [5.41, 5.74) is 0.366. The smallest absolute Gasteiger partial charge is 0.370 e. The molecule has 3 rings (SSSR count). The van der Waals surface area contributed by atoms with Crippen molar-refractivity contribution in [3.05, 3.63) is 59.7 Å². The van der Waals surface area contributed by atoms with Crippen LogP contribution in [0.5, 0.6) is 0 Å². The van der Waals surface area contributed by atoms with Crippen molar-refractivity contribution >= 4 is 5.91 Å². The minimum atomic E-state index is -4.48. The van der Waals surface area contributed by atoms with Gasteiger partial charge in [0, 0.05) is 30.7 Å². The molecular formula is C17H16F3N3O2. The highest BCUT2D eigenvalue weighted by Crippen LogP contribution is 2.27. The molecule has 1 amide bonds. The highest BCUT2D eigenvalue weighted by atomic mass is 19.4. The third-order valence-electron chi connectivity index (χ3n) is 3.95. The van der Waals surface area contributed by atoms with Crippen LogP contribution >= 0.6 is 0 Å².